The minimum atomic E-state index is 0. The molecule has 496 valence electrons. The van der Waals surface area contributed by atoms with Crippen LogP contribution in [0.25, 0.3) is 179 Å². The largest absolute Gasteiger partial charge is 0.256 e. The molecule has 0 atom stereocenters. The lowest BCUT2D eigenvalue weighted by atomic mass is 9.94. The van der Waals surface area contributed by atoms with E-state index in [-0.39, 0.29) is 7.43 Å². The maximum atomic E-state index is 5.21. The predicted molar refractivity (Wildman–Crippen MR) is 429 cm³/mol. The van der Waals surface area contributed by atoms with Crippen LogP contribution < -0.4 is 0 Å². The minimum absolute atomic E-state index is 0. The lowest BCUT2D eigenvalue weighted by Gasteiger charge is -2.13. The molecule has 10 nitrogen and oxygen atoms in total. The number of nitrogens with zero attached hydrogens (tertiary/aromatic N) is 10. The molecular weight excluding hydrogens is 1280 g/mol. The summed E-state index contributed by atoms with van der Waals surface area (Å²) in [7, 11) is 0. The van der Waals surface area contributed by atoms with E-state index in [1.54, 1.807) is 12.4 Å². The Morgan fingerprint density at radius 1 is 0.133 bits per heavy atom. The monoisotopic (exact) mass is 1350 g/mol. The third-order valence-corrected chi connectivity index (χ3v) is 18.4. The number of hydrogen-bond acceptors (Lipinski definition) is 10. The fraction of sp³-hybridized carbons (Fsp3) is 0.0105. The van der Waals surface area contributed by atoms with Gasteiger partial charge in [-0.3, -0.25) is 19.9 Å². The molecule has 6 aromatic heterocycles. The molecule has 0 aliphatic carbocycles. The van der Waals surface area contributed by atoms with Crippen molar-refractivity contribution in [3.63, 3.8) is 0 Å². The molecule has 0 saturated carbocycles. The molecule has 18 aromatic rings. The van der Waals surface area contributed by atoms with Crippen LogP contribution in [-0.4, -0.2) is 49.8 Å². The summed E-state index contributed by atoms with van der Waals surface area (Å²) in [4.78, 5) is 49.3. The molecule has 6 heterocycles. The summed E-state index contributed by atoms with van der Waals surface area (Å²) in [6.45, 7) is 0. The number of rotatable bonds is 14. The highest BCUT2D eigenvalue weighted by molar-refractivity contribution is 5.90. The second-order valence-electron chi connectivity index (χ2n) is 25.2. The van der Waals surface area contributed by atoms with Gasteiger partial charge in [0.15, 0.2) is 34.9 Å². The first-order valence-electron chi connectivity index (χ1n) is 34.5. The maximum absolute atomic E-state index is 5.21. The molecule has 18 rings (SSSR count). The first-order chi connectivity index (χ1) is 51.5. The van der Waals surface area contributed by atoms with Crippen molar-refractivity contribution in [2.75, 3.05) is 0 Å². The van der Waals surface area contributed by atoms with Crippen molar-refractivity contribution in [2.45, 2.75) is 7.43 Å². The zero-order chi connectivity index (χ0) is 69.4. The Kier molecular flexibility index (Phi) is 18.6. The standard InChI is InChI=1S/C51H33N5.C43H29N5.CH4/c1-3-11-40-29-42(25-19-34(40)9-1)49-54-50(43-26-20-35-10-2-4-12-41(35)30-43)56-51(55-49)46-32-44(36-15-21-38(22-16-36)47-13-5-7-27-52-47)31-45(33-46)37-17-23-39(24-18-37)48-14-6-8-28-53-48;1-3-13-30(14-4-1)32-17-11-19-34(25-32)41-46-42(35-20-12-18-33(26-35)31-15-5-2-6-16-31)48-43(47-41)38-28-36(39-21-7-9-23-44-39)27-37(29-38)40-22-8-10-24-45-40;/h1-33H;1-29H;1H4. The molecule has 0 aliphatic heterocycles. The molecule has 10 heteroatoms. The van der Waals surface area contributed by atoms with Gasteiger partial charge in [-0.1, -0.05) is 250 Å². The normalized spacial score (nSPS) is 11.0. The minimum Gasteiger partial charge on any atom is -0.256 e. The van der Waals surface area contributed by atoms with E-state index in [4.69, 9.17) is 29.9 Å². The van der Waals surface area contributed by atoms with Crippen LogP contribution in [0.2, 0.25) is 0 Å². The summed E-state index contributed by atoms with van der Waals surface area (Å²) >= 11 is 0. The van der Waals surface area contributed by atoms with Gasteiger partial charge in [0.1, 0.15) is 0 Å². The van der Waals surface area contributed by atoms with Crippen molar-refractivity contribution in [1.29, 1.82) is 0 Å². The van der Waals surface area contributed by atoms with E-state index in [0.717, 1.165) is 134 Å². The van der Waals surface area contributed by atoms with Gasteiger partial charge < -0.3 is 0 Å². The summed E-state index contributed by atoms with van der Waals surface area (Å²) in [6, 6.07) is 121. The summed E-state index contributed by atoms with van der Waals surface area (Å²) in [6.07, 6.45) is 7.26. The van der Waals surface area contributed by atoms with Gasteiger partial charge in [-0.25, -0.2) is 29.9 Å². The van der Waals surface area contributed by atoms with Gasteiger partial charge in [0, 0.05) is 80.4 Å². The third-order valence-electron chi connectivity index (χ3n) is 18.4. The first kappa shape index (κ1) is 65.4. The SMILES string of the molecule is C.c1ccc(-c2ccc(-c3cc(-c4ccc(-c5ccccn5)cc4)cc(-c4nc(-c5ccc6ccccc6c5)nc(-c5ccc6ccccc6c5)n4)c3)cc2)nc1.c1ccc(-c2cccc(-c3nc(-c4cccc(-c5ccccc5)c4)nc(-c4cc(-c5ccccn5)cc(-c5ccccn5)c4)n3)c2)cc1. The van der Waals surface area contributed by atoms with E-state index in [2.05, 4.69) is 287 Å². The van der Waals surface area contributed by atoms with Gasteiger partial charge in [-0.05, 0) is 175 Å². The Bertz CT molecular complexity index is 5710. The molecular formula is C95H66N10. The Hall–Kier alpha value is -14.2. The highest BCUT2D eigenvalue weighted by Gasteiger charge is 2.20. The van der Waals surface area contributed by atoms with Gasteiger partial charge in [-0.2, -0.15) is 0 Å². The first-order valence-corrected chi connectivity index (χ1v) is 34.5. The summed E-state index contributed by atoms with van der Waals surface area (Å²) in [5.41, 5.74) is 21.8. The molecule has 0 saturated heterocycles. The van der Waals surface area contributed by atoms with Crippen LogP contribution in [0.1, 0.15) is 7.43 Å². The van der Waals surface area contributed by atoms with Crippen molar-refractivity contribution < 1.29 is 0 Å². The van der Waals surface area contributed by atoms with Crippen LogP contribution >= 0.6 is 0 Å². The van der Waals surface area contributed by atoms with Gasteiger partial charge in [-0.15, -0.1) is 0 Å². The topological polar surface area (TPSA) is 129 Å². The summed E-state index contributed by atoms with van der Waals surface area (Å²) in [5, 5.41) is 4.60. The fourth-order valence-corrected chi connectivity index (χ4v) is 13.1. The lowest BCUT2D eigenvalue weighted by Crippen LogP contribution is -2.01. The quantitative estimate of drug-likeness (QED) is 0.104. The Morgan fingerprint density at radius 2 is 0.371 bits per heavy atom. The van der Waals surface area contributed by atoms with Crippen molar-refractivity contribution >= 4 is 21.5 Å². The van der Waals surface area contributed by atoms with Crippen molar-refractivity contribution in [2.24, 2.45) is 0 Å². The molecule has 12 aromatic carbocycles. The molecule has 0 spiro atoms. The average molecular weight is 1350 g/mol. The van der Waals surface area contributed by atoms with Gasteiger partial charge in [0.25, 0.3) is 0 Å². The average Bonchev–Trinajstić information content (AvgIpc) is 0.781. The molecule has 0 radical (unpaired) electrons. The number of fused-ring (bicyclic) bond motifs is 2. The van der Waals surface area contributed by atoms with E-state index < -0.39 is 0 Å². The van der Waals surface area contributed by atoms with E-state index in [1.165, 1.54) is 10.8 Å². The number of pyridine rings is 4. The molecule has 0 aliphatic rings. The van der Waals surface area contributed by atoms with Gasteiger partial charge in [0.2, 0.25) is 0 Å². The number of aromatic nitrogens is 10. The predicted octanol–water partition coefficient (Wildman–Crippen LogP) is 23.6. The smallest absolute Gasteiger partial charge is 0.164 e. The zero-order valence-corrected chi connectivity index (χ0v) is 56.3. The molecule has 0 N–H and O–H groups in total. The van der Waals surface area contributed by atoms with Crippen LogP contribution in [-0.2, 0) is 0 Å². The molecule has 0 unspecified atom stereocenters. The number of hydrogen-bond donors (Lipinski definition) is 0. The van der Waals surface area contributed by atoms with Crippen LogP contribution in [0.3, 0.4) is 0 Å². The van der Waals surface area contributed by atoms with Crippen LogP contribution in [0.5, 0.6) is 0 Å². The second kappa shape index (κ2) is 29.9. The van der Waals surface area contributed by atoms with Crippen molar-refractivity contribution in [1.82, 2.24) is 49.8 Å². The Morgan fingerprint density at radius 3 is 0.733 bits per heavy atom. The van der Waals surface area contributed by atoms with Crippen LogP contribution in [0, 0.1) is 0 Å². The van der Waals surface area contributed by atoms with Crippen molar-refractivity contribution in [3.8, 4) is 158 Å². The fourth-order valence-electron chi connectivity index (χ4n) is 13.1. The molecule has 0 bridgehead atoms. The van der Waals surface area contributed by atoms with E-state index in [9.17, 15) is 0 Å². The molecule has 0 fully saturated rings. The van der Waals surface area contributed by atoms with Gasteiger partial charge >= 0.3 is 0 Å². The van der Waals surface area contributed by atoms with E-state index in [0.29, 0.717) is 34.9 Å². The van der Waals surface area contributed by atoms with Crippen molar-refractivity contribution in [3.05, 3.63) is 377 Å². The third kappa shape index (κ3) is 14.6. The Labute approximate surface area is 609 Å². The van der Waals surface area contributed by atoms with Crippen LogP contribution in [0.15, 0.2) is 377 Å². The Balaban J connectivity index is 0.000000162. The highest BCUT2D eigenvalue weighted by atomic mass is 15.0. The second-order valence-corrected chi connectivity index (χ2v) is 25.2. The molecule has 0 amide bonds. The highest BCUT2D eigenvalue weighted by Crippen LogP contribution is 2.38. The summed E-state index contributed by atoms with van der Waals surface area (Å²) < 4.78 is 0. The maximum Gasteiger partial charge on any atom is 0.164 e. The molecule has 105 heavy (non-hydrogen) atoms. The lowest BCUT2D eigenvalue weighted by molar-refractivity contribution is 1.07. The summed E-state index contributed by atoms with van der Waals surface area (Å²) in [5.74, 6) is 3.61. The van der Waals surface area contributed by atoms with E-state index in [1.807, 2.05) is 97.3 Å². The number of benzene rings is 12. The van der Waals surface area contributed by atoms with Crippen LogP contribution in [0.4, 0.5) is 0 Å². The van der Waals surface area contributed by atoms with E-state index >= 15 is 0 Å². The zero-order valence-electron chi connectivity index (χ0n) is 56.3. The van der Waals surface area contributed by atoms with Gasteiger partial charge in [0.05, 0.1) is 22.8 Å².